The first-order valence-corrected chi connectivity index (χ1v) is 3.38. The number of aryl methyl sites for hydroxylation is 1. The van der Waals surface area contributed by atoms with Gasteiger partial charge in [-0.05, 0) is 6.92 Å². The predicted molar refractivity (Wildman–Crippen MR) is 41.0 cm³/mol. The Bertz CT molecular complexity index is 375. The summed E-state index contributed by atoms with van der Waals surface area (Å²) < 4.78 is 0. The second kappa shape index (κ2) is 3.18. The lowest BCUT2D eigenvalue weighted by atomic mass is 10.2. The molecule has 1 rings (SSSR count). The SMILES string of the molecule is Cc1ncc([N+](=O)O)cc1C(=O)O. The smallest absolute Gasteiger partial charge is 0.337 e. The van der Waals surface area contributed by atoms with Crippen molar-refractivity contribution in [2.45, 2.75) is 6.92 Å². The second-order valence-electron chi connectivity index (χ2n) is 2.40. The fourth-order valence-electron chi connectivity index (χ4n) is 0.843. The second-order valence-corrected chi connectivity index (χ2v) is 2.40. The Morgan fingerprint density at radius 3 is 2.69 bits per heavy atom. The van der Waals surface area contributed by atoms with E-state index in [9.17, 15) is 9.70 Å². The average molecular weight is 183 g/mol. The van der Waals surface area contributed by atoms with Gasteiger partial charge in [-0.3, -0.25) is 4.98 Å². The third kappa shape index (κ3) is 1.78. The summed E-state index contributed by atoms with van der Waals surface area (Å²) in [5.41, 5.74) is -0.0199. The number of carboxylic acids is 1. The van der Waals surface area contributed by atoms with E-state index >= 15 is 0 Å². The molecule has 1 aromatic rings. The summed E-state index contributed by atoms with van der Waals surface area (Å²) in [6, 6.07) is 1.05. The molecule has 0 saturated carbocycles. The number of nitrogens with zero attached hydrogens (tertiary/aromatic N) is 2. The number of carbonyl (C=O) groups is 1. The number of carboxylic acid groups (broad SMARTS) is 1. The van der Waals surface area contributed by atoms with Crippen LogP contribution in [0.15, 0.2) is 12.3 Å². The van der Waals surface area contributed by atoms with Crippen molar-refractivity contribution in [1.29, 1.82) is 0 Å². The number of hydrogen-bond donors (Lipinski definition) is 2. The highest BCUT2D eigenvalue weighted by atomic mass is 16.6. The van der Waals surface area contributed by atoms with Crippen LogP contribution in [0.4, 0.5) is 5.69 Å². The van der Waals surface area contributed by atoms with Gasteiger partial charge in [0, 0.05) is 6.07 Å². The van der Waals surface area contributed by atoms with Crippen molar-refractivity contribution in [2.75, 3.05) is 0 Å². The molecule has 0 saturated heterocycles. The summed E-state index contributed by atoms with van der Waals surface area (Å²) in [5.74, 6) is -1.19. The van der Waals surface area contributed by atoms with E-state index in [-0.39, 0.29) is 16.9 Å². The summed E-state index contributed by atoms with van der Waals surface area (Å²) >= 11 is 0. The van der Waals surface area contributed by atoms with Crippen molar-refractivity contribution >= 4 is 11.7 Å². The third-order valence-corrected chi connectivity index (χ3v) is 1.52. The lowest BCUT2D eigenvalue weighted by Gasteiger charge is -1.96. The van der Waals surface area contributed by atoms with Crippen molar-refractivity contribution in [2.24, 2.45) is 0 Å². The summed E-state index contributed by atoms with van der Waals surface area (Å²) in [6.07, 6.45) is 1.09. The molecule has 0 aliphatic carbocycles. The lowest BCUT2D eigenvalue weighted by Crippen LogP contribution is -2.03. The van der Waals surface area contributed by atoms with Crippen LogP contribution >= 0.6 is 0 Å². The summed E-state index contributed by atoms with van der Waals surface area (Å²) in [5, 5.41) is 17.1. The molecule has 0 aliphatic heterocycles. The number of rotatable bonds is 2. The molecule has 68 valence electrons. The lowest BCUT2D eigenvalue weighted by molar-refractivity contribution is -0.729. The van der Waals surface area contributed by atoms with Crippen LogP contribution < -0.4 is 0 Å². The normalized spacial score (nSPS) is 9.62. The number of aromatic nitrogens is 1. The van der Waals surface area contributed by atoms with Gasteiger partial charge in [-0.1, -0.05) is 0 Å². The highest BCUT2D eigenvalue weighted by Crippen LogP contribution is 2.13. The molecule has 0 fully saturated rings. The first-order valence-electron chi connectivity index (χ1n) is 3.38. The van der Waals surface area contributed by atoms with E-state index in [1.165, 1.54) is 6.92 Å². The minimum atomic E-state index is -1.19. The molecular formula is C7H7N2O4+. The van der Waals surface area contributed by atoms with Gasteiger partial charge in [0.05, 0.1) is 16.2 Å². The van der Waals surface area contributed by atoms with Crippen molar-refractivity contribution in [1.82, 2.24) is 4.98 Å². The Hall–Kier alpha value is -1.98. The topological polar surface area (TPSA) is 90.5 Å². The fraction of sp³-hybridized carbons (Fsp3) is 0.143. The van der Waals surface area contributed by atoms with Crippen LogP contribution in [-0.4, -0.2) is 26.2 Å². The van der Waals surface area contributed by atoms with E-state index in [1.54, 1.807) is 0 Å². The van der Waals surface area contributed by atoms with Gasteiger partial charge in [-0.25, -0.2) is 10.0 Å². The zero-order valence-corrected chi connectivity index (χ0v) is 6.76. The average Bonchev–Trinajstić information content (AvgIpc) is 2.04. The maximum absolute atomic E-state index is 10.6. The van der Waals surface area contributed by atoms with Crippen LogP contribution in [0.25, 0.3) is 0 Å². The largest absolute Gasteiger partial charge is 0.478 e. The Morgan fingerprint density at radius 2 is 2.23 bits per heavy atom. The molecule has 2 N–H and O–H groups in total. The van der Waals surface area contributed by atoms with Gasteiger partial charge in [0.2, 0.25) is 0 Å². The van der Waals surface area contributed by atoms with Crippen molar-refractivity contribution in [3.63, 3.8) is 0 Å². The van der Waals surface area contributed by atoms with Crippen LogP contribution in [0, 0.1) is 11.8 Å². The van der Waals surface area contributed by atoms with E-state index in [4.69, 9.17) is 10.3 Å². The zero-order chi connectivity index (χ0) is 10.0. The Labute approximate surface area is 73.0 Å². The van der Waals surface area contributed by atoms with Gasteiger partial charge in [-0.2, -0.15) is 0 Å². The Kier molecular flexibility index (Phi) is 2.23. The van der Waals surface area contributed by atoms with Crippen molar-refractivity contribution in [3.8, 4) is 0 Å². The van der Waals surface area contributed by atoms with E-state index in [0.717, 1.165) is 12.3 Å². The van der Waals surface area contributed by atoms with Gasteiger partial charge < -0.3 is 5.11 Å². The quantitative estimate of drug-likeness (QED) is 0.664. The third-order valence-electron chi connectivity index (χ3n) is 1.52. The van der Waals surface area contributed by atoms with Crippen LogP contribution in [0.2, 0.25) is 0 Å². The summed E-state index contributed by atoms with van der Waals surface area (Å²) in [4.78, 5) is 24.1. The molecule has 0 spiro atoms. The molecule has 0 aromatic carbocycles. The number of aromatic carboxylic acids is 1. The molecule has 6 heteroatoms. The summed E-state index contributed by atoms with van der Waals surface area (Å²) in [6.45, 7) is 1.50. The molecule has 0 bridgehead atoms. The first-order chi connectivity index (χ1) is 6.02. The van der Waals surface area contributed by atoms with Gasteiger partial charge in [-0.15, -0.1) is 0 Å². The van der Waals surface area contributed by atoms with E-state index < -0.39 is 10.9 Å². The predicted octanol–water partition coefficient (Wildman–Crippen LogP) is 0.888. The fourth-order valence-corrected chi connectivity index (χ4v) is 0.843. The minimum Gasteiger partial charge on any atom is -0.478 e. The van der Waals surface area contributed by atoms with E-state index in [2.05, 4.69) is 4.98 Å². The van der Waals surface area contributed by atoms with E-state index in [1.807, 2.05) is 0 Å². The van der Waals surface area contributed by atoms with Gasteiger partial charge in [0.1, 0.15) is 6.20 Å². The highest BCUT2D eigenvalue weighted by molar-refractivity contribution is 5.89. The molecule has 0 amide bonds. The van der Waals surface area contributed by atoms with Crippen molar-refractivity contribution in [3.05, 3.63) is 28.4 Å². The monoisotopic (exact) mass is 183 g/mol. The zero-order valence-electron chi connectivity index (χ0n) is 6.76. The number of hydrogen-bond acceptors (Lipinski definition) is 3. The van der Waals surface area contributed by atoms with Crippen LogP contribution in [0.3, 0.4) is 0 Å². The molecule has 0 atom stereocenters. The molecule has 0 radical (unpaired) electrons. The summed E-state index contributed by atoms with van der Waals surface area (Å²) in [7, 11) is 0. The first kappa shape index (κ1) is 9.11. The van der Waals surface area contributed by atoms with Gasteiger partial charge in [0.25, 0.3) is 4.92 Å². The Morgan fingerprint density at radius 1 is 1.62 bits per heavy atom. The Balaban J connectivity index is 3.27. The van der Waals surface area contributed by atoms with Crippen LogP contribution in [-0.2, 0) is 0 Å². The molecular weight excluding hydrogens is 176 g/mol. The minimum absolute atomic E-state index is 0.104. The van der Waals surface area contributed by atoms with Crippen LogP contribution in [0.5, 0.6) is 0 Å². The van der Waals surface area contributed by atoms with Gasteiger partial charge >= 0.3 is 11.7 Å². The van der Waals surface area contributed by atoms with Crippen LogP contribution in [0.1, 0.15) is 16.1 Å². The highest BCUT2D eigenvalue weighted by Gasteiger charge is 2.17. The maximum atomic E-state index is 10.6. The molecule has 1 aromatic heterocycles. The van der Waals surface area contributed by atoms with E-state index in [0.29, 0.717) is 0 Å². The van der Waals surface area contributed by atoms with Gasteiger partial charge in [0.15, 0.2) is 0 Å². The standard InChI is InChI=1S/C7H6N2O4/c1-4-6(7(10)11)2-5(3-8-4)9(12)13/h2-3H,1H3,(H-,10,11,12,13)/p+1. The molecule has 6 nitrogen and oxygen atoms in total. The molecule has 13 heavy (non-hydrogen) atoms. The maximum Gasteiger partial charge on any atom is 0.337 e. The van der Waals surface area contributed by atoms with Crippen molar-refractivity contribution < 1.29 is 20.0 Å². The molecule has 0 aliphatic rings. The molecule has 1 heterocycles. The molecule has 0 unspecified atom stereocenters. The number of pyridine rings is 1.